The molecule has 0 spiro atoms. The molecule has 3 aliphatic heterocycles. The fourth-order valence-corrected chi connectivity index (χ4v) is 7.67. The molecule has 5 heterocycles. The first-order valence-corrected chi connectivity index (χ1v) is 20.7. The van der Waals surface area contributed by atoms with E-state index in [1.54, 1.807) is 30.5 Å². The number of rotatable bonds is 12. The molecule has 1 unspecified atom stereocenters. The Morgan fingerprint density at radius 1 is 0.869 bits per heavy atom. The Morgan fingerprint density at radius 3 is 2.48 bits per heavy atom. The van der Waals surface area contributed by atoms with Crippen molar-refractivity contribution >= 4 is 58.1 Å². The number of nitrogens with one attached hydrogen (secondary N) is 5. The monoisotopic (exact) mass is 830 g/mol. The van der Waals surface area contributed by atoms with Crippen LogP contribution in [-0.4, -0.2) is 87.8 Å². The number of imide groups is 1. The molecule has 2 fully saturated rings. The standard InChI is InChI=1S/C44H47FN10O6/c45-30-8-15-36-29(24-30)26-47-38-17-19-55-41(51-38)33(27-48-55)43(59)50-35-25-28(7-14-37(35)61-36)42(58)46-18-5-3-1-2-4-6-40(57)54-22-20-53(21-23-54)32-11-9-31(10-12-32)49-34-13-16-39(56)52-44(34)60/h7-12,14-15,17,19,24-25,27,34,49H,1-6,13,16,18,20-23,26H2,(H,46,58)(H,47,51)(H,50,59)(H,52,56,60). The van der Waals surface area contributed by atoms with Gasteiger partial charge in [0.05, 0.1) is 11.9 Å². The molecule has 5 aromatic rings. The van der Waals surface area contributed by atoms with Crippen molar-refractivity contribution in [3.63, 3.8) is 0 Å². The highest BCUT2D eigenvalue weighted by molar-refractivity contribution is 6.09. The summed E-state index contributed by atoms with van der Waals surface area (Å²) < 4.78 is 22.0. The van der Waals surface area contributed by atoms with Gasteiger partial charge in [0.25, 0.3) is 11.8 Å². The topological polar surface area (TPSA) is 191 Å². The van der Waals surface area contributed by atoms with Gasteiger partial charge in [-0.25, -0.2) is 13.9 Å². The summed E-state index contributed by atoms with van der Waals surface area (Å²) in [7, 11) is 0. The number of fused-ring (bicyclic) bond motifs is 3. The number of piperazine rings is 1. The molecule has 5 amide bonds. The highest BCUT2D eigenvalue weighted by Crippen LogP contribution is 2.34. The quantitative estimate of drug-likeness (QED) is 0.0791. The number of piperidine rings is 1. The zero-order valence-corrected chi connectivity index (χ0v) is 33.5. The van der Waals surface area contributed by atoms with Gasteiger partial charge in [0.15, 0.2) is 11.4 Å². The van der Waals surface area contributed by atoms with Crippen LogP contribution in [0.3, 0.4) is 0 Å². The molecule has 16 nitrogen and oxygen atoms in total. The van der Waals surface area contributed by atoms with Crippen molar-refractivity contribution in [3.8, 4) is 11.5 Å². The van der Waals surface area contributed by atoms with Crippen LogP contribution in [-0.2, 0) is 20.9 Å². The van der Waals surface area contributed by atoms with Crippen molar-refractivity contribution in [2.45, 2.75) is 64.0 Å². The third-order valence-corrected chi connectivity index (χ3v) is 11.1. The van der Waals surface area contributed by atoms with Gasteiger partial charge in [0.2, 0.25) is 17.7 Å². The summed E-state index contributed by atoms with van der Waals surface area (Å²) >= 11 is 0. The minimum absolute atomic E-state index is 0.168. The third kappa shape index (κ3) is 9.88. The molecule has 3 aliphatic rings. The lowest BCUT2D eigenvalue weighted by molar-refractivity contribution is -0.134. The van der Waals surface area contributed by atoms with Crippen LogP contribution in [0.25, 0.3) is 5.65 Å². The molecule has 3 aromatic carbocycles. The first-order chi connectivity index (χ1) is 29.7. The summed E-state index contributed by atoms with van der Waals surface area (Å²) in [4.78, 5) is 72.0. The van der Waals surface area contributed by atoms with E-state index in [4.69, 9.17) is 4.74 Å². The summed E-state index contributed by atoms with van der Waals surface area (Å²) in [5, 5.41) is 18.8. The number of hydrogen-bond donors (Lipinski definition) is 5. The van der Waals surface area contributed by atoms with Crippen molar-refractivity contribution in [2.24, 2.45) is 0 Å². The second-order valence-corrected chi connectivity index (χ2v) is 15.3. The van der Waals surface area contributed by atoms with E-state index in [9.17, 15) is 28.4 Å². The summed E-state index contributed by atoms with van der Waals surface area (Å²) in [5.74, 6) is -0.496. The summed E-state index contributed by atoms with van der Waals surface area (Å²) in [5.41, 5.74) is 3.52. The van der Waals surface area contributed by atoms with Crippen LogP contribution < -0.4 is 36.2 Å². The van der Waals surface area contributed by atoms with E-state index in [2.05, 4.69) is 41.6 Å². The van der Waals surface area contributed by atoms with Crippen molar-refractivity contribution in [1.29, 1.82) is 0 Å². The number of carbonyl (C=O) groups is 5. The van der Waals surface area contributed by atoms with Gasteiger partial charge >= 0.3 is 0 Å². The van der Waals surface area contributed by atoms with Crippen molar-refractivity contribution in [2.75, 3.05) is 53.6 Å². The van der Waals surface area contributed by atoms with Crippen LogP contribution in [0, 0.1) is 5.82 Å². The Labute approximate surface area is 351 Å². The van der Waals surface area contributed by atoms with E-state index < -0.39 is 17.8 Å². The number of ether oxygens (including phenoxy) is 1. The average molecular weight is 831 g/mol. The van der Waals surface area contributed by atoms with E-state index in [-0.39, 0.29) is 47.2 Å². The van der Waals surface area contributed by atoms with Crippen LogP contribution in [0.4, 0.5) is 27.3 Å². The lowest BCUT2D eigenvalue weighted by Crippen LogP contribution is -2.48. The minimum atomic E-state index is -0.493. The number of halogens is 1. The number of anilines is 4. The van der Waals surface area contributed by atoms with Crippen molar-refractivity contribution in [3.05, 3.63) is 102 Å². The fourth-order valence-electron chi connectivity index (χ4n) is 7.67. The highest BCUT2D eigenvalue weighted by Gasteiger charge is 2.27. The fraction of sp³-hybridized carbons (Fsp3) is 0.341. The van der Waals surface area contributed by atoms with Gasteiger partial charge in [-0.2, -0.15) is 5.10 Å². The number of benzene rings is 3. The van der Waals surface area contributed by atoms with Gasteiger partial charge in [-0.1, -0.05) is 19.3 Å². The molecular formula is C44H47FN10O6. The Hall–Kier alpha value is -7.04. The molecular weight excluding hydrogens is 784 g/mol. The van der Waals surface area contributed by atoms with Gasteiger partial charge in [0.1, 0.15) is 29.0 Å². The van der Waals surface area contributed by atoms with E-state index in [0.29, 0.717) is 67.2 Å². The van der Waals surface area contributed by atoms with Gasteiger partial charge in [-0.3, -0.25) is 29.3 Å². The van der Waals surface area contributed by atoms with Crippen LogP contribution in [0.5, 0.6) is 11.5 Å². The largest absolute Gasteiger partial charge is 0.455 e. The van der Waals surface area contributed by atoms with Crippen LogP contribution in [0.2, 0.25) is 0 Å². The molecule has 1 atom stereocenters. The summed E-state index contributed by atoms with van der Waals surface area (Å²) in [6.45, 7) is 3.45. The maximum absolute atomic E-state index is 14.3. The van der Waals surface area contributed by atoms with E-state index in [1.165, 1.54) is 28.9 Å². The molecule has 0 saturated carbocycles. The molecule has 17 heteroatoms. The minimum Gasteiger partial charge on any atom is -0.455 e. The predicted octanol–water partition coefficient (Wildman–Crippen LogP) is 5.47. The number of hydrogen-bond acceptors (Lipinski definition) is 11. The molecule has 2 aromatic heterocycles. The number of unbranched alkanes of at least 4 members (excludes halogenated alkanes) is 4. The second-order valence-electron chi connectivity index (χ2n) is 15.3. The predicted molar refractivity (Wildman–Crippen MR) is 226 cm³/mol. The van der Waals surface area contributed by atoms with E-state index >= 15 is 0 Å². The first kappa shape index (κ1) is 40.7. The Balaban J connectivity index is 0.764. The highest BCUT2D eigenvalue weighted by atomic mass is 19.1. The maximum atomic E-state index is 14.3. The first-order valence-electron chi connectivity index (χ1n) is 20.7. The molecule has 8 rings (SSSR count). The maximum Gasteiger partial charge on any atom is 0.261 e. The van der Waals surface area contributed by atoms with E-state index in [0.717, 1.165) is 56.6 Å². The summed E-state index contributed by atoms with van der Waals surface area (Å²) in [6, 6.07) is 18.1. The van der Waals surface area contributed by atoms with E-state index in [1.807, 2.05) is 29.2 Å². The average Bonchev–Trinajstić information content (AvgIpc) is 3.70. The molecule has 2 bridgehead atoms. The Bertz CT molecular complexity index is 2450. The van der Waals surface area contributed by atoms with Crippen molar-refractivity contribution < 1.29 is 33.1 Å². The third-order valence-electron chi connectivity index (χ3n) is 11.1. The van der Waals surface area contributed by atoms with Gasteiger partial charge in [-0.15, -0.1) is 0 Å². The molecule has 61 heavy (non-hydrogen) atoms. The van der Waals surface area contributed by atoms with Gasteiger partial charge in [-0.05, 0) is 86.0 Å². The SMILES string of the molecule is O=C1CCC(Nc2ccc(N3CCN(C(=O)CCCCCCCNC(=O)c4ccc5c(c4)NC(=O)c4cnn6ccc(nc46)NCc4cc(F)ccc4O5)CC3)cc2)C(=O)N1. The van der Waals surface area contributed by atoms with Crippen LogP contribution in [0.1, 0.15) is 77.6 Å². The Morgan fingerprint density at radius 2 is 1.66 bits per heavy atom. The van der Waals surface area contributed by atoms with Crippen LogP contribution >= 0.6 is 0 Å². The number of aromatic nitrogens is 3. The second kappa shape index (κ2) is 18.5. The summed E-state index contributed by atoms with van der Waals surface area (Å²) in [6.07, 6.45) is 8.71. The van der Waals surface area contributed by atoms with Gasteiger partial charge in [0, 0.05) is 80.8 Å². The lowest BCUT2D eigenvalue weighted by Gasteiger charge is -2.36. The lowest BCUT2D eigenvalue weighted by atomic mass is 10.1. The number of amides is 5. The number of nitrogens with zero attached hydrogens (tertiary/aromatic N) is 5. The van der Waals surface area contributed by atoms with Crippen molar-refractivity contribution in [1.82, 2.24) is 30.1 Å². The van der Waals surface area contributed by atoms with Crippen LogP contribution in [0.15, 0.2) is 79.1 Å². The normalized spacial score (nSPS) is 16.5. The molecule has 5 N–H and O–H groups in total. The molecule has 2 saturated heterocycles. The zero-order valence-electron chi connectivity index (χ0n) is 33.5. The Kier molecular flexibility index (Phi) is 12.3. The molecule has 316 valence electrons. The smallest absolute Gasteiger partial charge is 0.261 e. The number of carbonyl (C=O) groups excluding carboxylic acids is 5. The zero-order chi connectivity index (χ0) is 42.3. The molecule has 0 radical (unpaired) electrons. The molecule has 0 aliphatic carbocycles. The van der Waals surface area contributed by atoms with Gasteiger partial charge < -0.3 is 35.8 Å².